The largest absolute Gasteiger partial charge is 0.497 e. The second-order valence-corrected chi connectivity index (χ2v) is 7.28. The molecule has 1 aliphatic carbocycles. The fourth-order valence-electron chi connectivity index (χ4n) is 2.78. The predicted molar refractivity (Wildman–Crippen MR) is 86.4 cm³/mol. The van der Waals surface area contributed by atoms with E-state index in [1.54, 1.807) is 12.1 Å². The van der Waals surface area contributed by atoms with Crippen LogP contribution in [0.1, 0.15) is 37.7 Å². The van der Waals surface area contributed by atoms with Crippen molar-refractivity contribution in [2.75, 3.05) is 12.9 Å². The highest BCUT2D eigenvalue weighted by molar-refractivity contribution is 7.87. The molecular formula is C16H20N2O4S. The number of hydrogen-bond acceptors (Lipinski definition) is 6. The Labute approximate surface area is 136 Å². The Kier molecular flexibility index (Phi) is 5.61. The first kappa shape index (κ1) is 17.3. The highest BCUT2D eigenvalue weighted by Gasteiger charge is 2.24. The maximum atomic E-state index is 12.3. The molecule has 0 saturated heterocycles. The van der Waals surface area contributed by atoms with Gasteiger partial charge in [-0.3, -0.25) is 5.41 Å². The number of rotatable bonds is 6. The van der Waals surface area contributed by atoms with Gasteiger partial charge in [0.05, 0.1) is 18.4 Å². The third-order valence-electron chi connectivity index (χ3n) is 3.95. The van der Waals surface area contributed by atoms with Gasteiger partial charge in [0.25, 0.3) is 0 Å². The molecule has 1 aliphatic rings. The Morgan fingerprint density at radius 3 is 2.65 bits per heavy atom. The molecule has 0 aliphatic heterocycles. The second kappa shape index (κ2) is 7.47. The van der Waals surface area contributed by atoms with Crippen molar-refractivity contribution < 1.29 is 17.3 Å². The van der Waals surface area contributed by atoms with Crippen molar-refractivity contribution in [3.63, 3.8) is 0 Å². The average molecular weight is 336 g/mol. The molecule has 1 aromatic rings. The van der Waals surface area contributed by atoms with Crippen molar-refractivity contribution in [1.82, 2.24) is 0 Å². The monoisotopic (exact) mass is 336 g/mol. The number of hydrogen-bond donors (Lipinski definition) is 1. The summed E-state index contributed by atoms with van der Waals surface area (Å²) in [4.78, 5) is 0. The third kappa shape index (κ3) is 4.70. The Bertz CT molecular complexity index is 716. The first-order chi connectivity index (χ1) is 10.9. The lowest BCUT2D eigenvalue weighted by Gasteiger charge is -2.21. The minimum Gasteiger partial charge on any atom is -0.497 e. The zero-order valence-corrected chi connectivity index (χ0v) is 13.9. The van der Waals surface area contributed by atoms with Crippen molar-refractivity contribution in [3.8, 4) is 17.6 Å². The first-order valence-electron chi connectivity index (χ1n) is 7.54. The van der Waals surface area contributed by atoms with E-state index in [2.05, 4.69) is 0 Å². The van der Waals surface area contributed by atoms with Crippen LogP contribution >= 0.6 is 0 Å². The fraction of sp³-hybridized carbons (Fsp3) is 0.500. The number of nitriles is 1. The van der Waals surface area contributed by atoms with E-state index in [0.29, 0.717) is 5.75 Å². The summed E-state index contributed by atoms with van der Waals surface area (Å²) in [5.74, 6) is 0.441. The molecule has 0 aromatic heterocycles. The van der Waals surface area contributed by atoms with Gasteiger partial charge in [0, 0.05) is 6.07 Å². The second-order valence-electron chi connectivity index (χ2n) is 5.66. The van der Waals surface area contributed by atoms with Crippen LogP contribution in [-0.4, -0.2) is 27.0 Å². The normalized spacial score (nSPS) is 15.7. The zero-order valence-electron chi connectivity index (χ0n) is 13.0. The fourth-order valence-corrected chi connectivity index (χ4v) is 4.17. The van der Waals surface area contributed by atoms with E-state index in [-0.39, 0.29) is 28.7 Å². The summed E-state index contributed by atoms with van der Waals surface area (Å²) in [5, 5.41) is 16.5. The van der Waals surface area contributed by atoms with Crippen LogP contribution in [0.3, 0.4) is 0 Å². The first-order valence-corrected chi connectivity index (χ1v) is 9.12. The predicted octanol–water partition coefficient (Wildman–Crippen LogP) is 2.88. The minimum atomic E-state index is -3.79. The van der Waals surface area contributed by atoms with Crippen molar-refractivity contribution in [2.24, 2.45) is 5.92 Å². The van der Waals surface area contributed by atoms with Crippen LogP contribution < -0.4 is 8.92 Å². The van der Waals surface area contributed by atoms with E-state index in [0.717, 1.165) is 32.1 Å². The van der Waals surface area contributed by atoms with Gasteiger partial charge in [0.2, 0.25) is 0 Å². The van der Waals surface area contributed by atoms with E-state index in [4.69, 9.17) is 19.6 Å². The van der Waals surface area contributed by atoms with Crippen LogP contribution in [0.4, 0.5) is 0 Å². The molecule has 0 unspecified atom stereocenters. The van der Waals surface area contributed by atoms with Gasteiger partial charge in [-0.25, -0.2) is 0 Å². The van der Waals surface area contributed by atoms with Gasteiger partial charge < -0.3 is 8.92 Å². The Balaban J connectivity index is 2.22. The van der Waals surface area contributed by atoms with Gasteiger partial charge in [-0.1, -0.05) is 19.3 Å². The maximum Gasteiger partial charge on any atom is 0.309 e. The maximum absolute atomic E-state index is 12.3. The van der Waals surface area contributed by atoms with Crippen LogP contribution in [-0.2, 0) is 10.1 Å². The minimum absolute atomic E-state index is 0.0355. The summed E-state index contributed by atoms with van der Waals surface area (Å²) in [6.45, 7) is 0. The van der Waals surface area contributed by atoms with Crippen molar-refractivity contribution in [1.29, 1.82) is 10.7 Å². The molecule has 0 radical (unpaired) electrons. The summed E-state index contributed by atoms with van der Waals surface area (Å²) in [7, 11) is -2.34. The summed E-state index contributed by atoms with van der Waals surface area (Å²) >= 11 is 0. The molecule has 6 nitrogen and oxygen atoms in total. The topological polar surface area (TPSA) is 100 Å². The molecule has 1 fully saturated rings. The molecule has 0 bridgehead atoms. The summed E-state index contributed by atoms with van der Waals surface area (Å²) < 4.78 is 34.9. The lowest BCUT2D eigenvalue weighted by molar-refractivity contribution is 0.374. The zero-order chi connectivity index (χ0) is 16.9. The van der Waals surface area contributed by atoms with E-state index < -0.39 is 10.1 Å². The third-order valence-corrected chi connectivity index (χ3v) is 5.26. The molecule has 1 N–H and O–H groups in total. The lowest BCUT2D eigenvalue weighted by atomic mass is 9.91. The molecule has 124 valence electrons. The van der Waals surface area contributed by atoms with Crippen molar-refractivity contribution in [2.45, 2.75) is 32.1 Å². The molecule has 0 atom stereocenters. The highest BCUT2D eigenvalue weighted by Crippen LogP contribution is 2.29. The molecule has 0 spiro atoms. The van der Waals surface area contributed by atoms with Gasteiger partial charge in [-0.15, -0.1) is 0 Å². The summed E-state index contributed by atoms with van der Waals surface area (Å²) in [6, 6.07) is 6.09. The Hall–Kier alpha value is -2.07. The highest BCUT2D eigenvalue weighted by atomic mass is 32.2. The molecule has 1 aromatic carbocycles. The van der Waals surface area contributed by atoms with E-state index in [1.807, 2.05) is 0 Å². The number of nitrogens with one attached hydrogen (secondary N) is 1. The van der Waals surface area contributed by atoms with Gasteiger partial charge in [-0.05, 0) is 30.9 Å². The smallest absolute Gasteiger partial charge is 0.309 e. The van der Waals surface area contributed by atoms with Crippen LogP contribution in [0.2, 0.25) is 0 Å². The lowest BCUT2D eigenvalue weighted by Crippen LogP contribution is -2.23. The van der Waals surface area contributed by atoms with Gasteiger partial charge in [-0.2, -0.15) is 13.7 Å². The molecule has 0 heterocycles. The number of benzene rings is 1. The Morgan fingerprint density at radius 2 is 2.04 bits per heavy atom. The number of methoxy groups -OCH3 is 1. The van der Waals surface area contributed by atoms with Crippen LogP contribution in [0.5, 0.6) is 11.5 Å². The van der Waals surface area contributed by atoms with Crippen molar-refractivity contribution >= 4 is 15.8 Å². The molecule has 0 amide bonds. The van der Waals surface area contributed by atoms with E-state index >= 15 is 0 Å². The quantitative estimate of drug-likeness (QED) is 0.636. The average Bonchev–Trinajstić information content (AvgIpc) is 2.54. The van der Waals surface area contributed by atoms with Gasteiger partial charge >= 0.3 is 10.1 Å². The van der Waals surface area contributed by atoms with Gasteiger partial charge in [0.1, 0.15) is 17.5 Å². The van der Waals surface area contributed by atoms with Gasteiger partial charge in [0.15, 0.2) is 5.75 Å². The summed E-state index contributed by atoms with van der Waals surface area (Å²) in [5.41, 5.74) is -0.212. The SMILES string of the molecule is COc1ccc(C(=N)C#N)c(OS(=O)(=O)CC2CCCCC2)c1. The standard InChI is InChI=1S/C16H20N2O4S/c1-21-13-7-8-14(15(18)10-17)16(9-13)22-23(19,20)11-12-5-3-2-4-6-12/h7-9,12,18H,2-6,11H2,1H3. The van der Waals surface area contributed by atoms with E-state index in [9.17, 15) is 8.42 Å². The molecule has 2 rings (SSSR count). The molecular weight excluding hydrogens is 316 g/mol. The Morgan fingerprint density at radius 1 is 1.35 bits per heavy atom. The number of ether oxygens (including phenoxy) is 1. The molecule has 7 heteroatoms. The number of nitrogens with zero attached hydrogens (tertiary/aromatic N) is 1. The molecule has 1 saturated carbocycles. The van der Waals surface area contributed by atoms with Crippen LogP contribution in [0, 0.1) is 22.7 Å². The van der Waals surface area contributed by atoms with Crippen LogP contribution in [0.15, 0.2) is 18.2 Å². The van der Waals surface area contributed by atoms with Crippen molar-refractivity contribution in [3.05, 3.63) is 23.8 Å². The summed E-state index contributed by atoms with van der Waals surface area (Å²) in [6.07, 6.45) is 5.02. The van der Waals surface area contributed by atoms with Crippen LogP contribution in [0.25, 0.3) is 0 Å². The molecule has 23 heavy (non-hydrogen) atoms. The van der Waals surface area contributed by atoms with E-state index in [1.165, 1.54) is 19.2 Å².